The highest BCUT2D eigenvalue weighted by Crippen LogP contribution is 2.10. The minimum absolute atomic E-state index is 0.154. The molecule has 37 heavy (non-hydrogen) atoms. The van der Waals surface area contributed by atoms with E-state index in [-0.39, 0.29) is 11.7 Å². The minimum Gasteiger partial charge on any atom is -0.478 e. The minimum atomic E-state index is -1.18. The summed E-state index contributed by atoms with van der Waals surface area (Å²) in [4.78, 5) is 36.0. The first-order chi connectivity index (χ1) is 17.6. The van der Waals surface area contributed by atoms with E-state index in [1.165, 1.54) is 6.08 Å². The van der Waals surface area contributed by atoms with Crippen molar-refractivity contribution < 1.29 is 24.6 Å². The van der Waals surface area contributed by atoms with E-state index in [1.54, 1.807) is 35.7 Å². The molecule has 1 saturated heterocycles. The van der Waals surface area contributed by atoms with E-state index in [9.17, 15) is 19.5 Å². The maximum absolute atomic E-state index is 12.3. The standard InChI is InChI=1S/C29H36N2O5S/c1-22(11-7-13-24(3)15-16-27(32)33)9-5-6-10-23(2)12-8-14-25(4)21-26(28(34)35)30-29(36)31-17-19-37-20-18-31/h5-16,21H,17-20H2,1-4H3,(H,30,36)(H,32,33)(H,34,35)/b6-5+,11-7+,12-8+,16-15+,22-9+,23-10+,24-13-,25-14+,26-21+. The quantitative estimate of drug-likeness (QED) is 0.233. The zero-order valence-electron chi connectivity index (χ0n) is 21.8. The molecule has 0 radical (unpaired) electrons. The topological polar surface area (TPSA) is 107 Å². The van der Waals surface area contributed by atoms with E-state index in [2.05, 4.69) is 5.32 Å². The van der Waals surface area contributed by atoms with Crippen molar-refractivity contribution in [3.05, 3.63) is 107 Å². The molecule has 3 N–H and O–H groups in total. The fraction of sp³-hybridized carbons (Fsp3) is 0.276. The van der Waals surface area contributed by atoms with Gasteiger partial charge in [0.2, 0.25) is 0 Å². The van der Waals surface area contributed by atoms with Gasteiger partial charge in [0.05, 0.1) is 0 Å². The molecule has 2 amide bonds. The summed E-state index contributed by atoms with van der Waals surface area (Å²) >= 11 is 1.77. The maximum atomic E-state index is 12.3. The molecular weight excluding hydrogens is 488 g/mol. The molecular formula is C29H36N2O5S. The van der Waals surface area contributed by atoms with Crippen LogP contribution in [-0.4, -0.2) is 57.7 Å². The highest BCUT2D eigenvalue weighted by Gasteiger charge is 2.19. The fourth-order valence-electron chi connectivity index (χ4n) is 2.88. The van der Waals surface area contributed by atoms with Crippen LogP contribution in [0.5, 0.6) is 0 Å². The predicted molar refractivity (Wildman–Crippen MR) is 152 cm³/mol. The molecule has 8 heteroatoms. The number of nitrogens with zero attached hydrogens (tertiary/aromatic N) is 1. The van der Waals surface area contributed by atoms with Gasteiger partial charge < -0.3 is 20.4 Å². The number of hydrogen-bond donors (Lipinski definition) is 3. The Morgan fingerprint density at radius 2 is 1.19 bits per heavy atom. The zero-order valence-corrected chi connectivity index (χ0v) is 22.6. The average molecular weight is 525 g/mol. The molecule has 0 aliphatic carbocycles. The SMILES string of the molecule is CC(=C/C=C/C(C)=C/C=C/C=C(C)/C=C/C=C(C)/C=C(/NC(=O)N1CCSCC1)C(=O)O)/C=C/C(=O)O. The summed E-state index contributed by atoms with van der Waals surface area (Å²) in [6.07, 6.45) is 23.0. The van der Waals surface area contributed by atoms with E-state index >= 15 is 0 Å². The van der Waals surface area contributed by atoms with Crippen LogP contribution in [-0.2, 0) is 9.59 Å². The Morgan fingerprint density at radius 3 is 1.70 bits per heavy atom. The van der Waals surface area contributed by atoms with Crippen molar-refractivity contribution in [3.63, 3.8) is 0 Å². The van der Waals surface area contributed by atoms with Gasteiger partial charge in [0.15, 0.2) is 0 Å². The zero-order chi connectivity index (χ0) is 27.6. The van der Waals surface area contributed by atoms with Gasteiger partial charge in [-0.2, -0.15) is 11.8 Å². The summed E-state index contributed by atoms with van der Waals surface area (Å²) in [5.74, 6) is -0.451. The summed E-state index contributed by atoms with van der Waals surface area (Å²) in [5, 5.41) is 20.6. The van der Waals surface area contributed by atoms with Crippen molar-refractivity contribution >= 4 is 29.7 Å². The molecule has 1 fully saturated rings. The second-order valence-electron chi connectivity index (χ2n) is 8.31. The van der Waals surface area contributed by atoms with Crippen LogP contribution in [0.4, 0.5) is 4.79 Å². The Kier molecular flexibility index (Phi) is 14.9. The average Bonchev–Trinajstić information content (AvgIpc) is 2.85. The Labute approximate surface area is 223 Å². The van der Waals surface area contributed by atoms with Gasteiger partial charge in [-0.1, -0.05) is 83.6 Å². The number of carbonyl (C=O) groups excluding carboxylic acids is 1. The van der Waals surface area contributed by atoms with E-state index in [1.807, 2.05) is 75.5 Å². The van der Waals surface area contributed by atoms with E-state index in [0.29, 0.717) is 18.7 Å². The van der Waals surface area contributed by atoms with Crippen molar-refractivity contribution in [2.75, 3.05) is 24.6 Å². The monoisotopic (exact) mass is 524 g/mol. The lowest BCUT2D eigenvalue weighted by Gasteiger charge is -2.26. The molecule has 0 aromatic heterocycles. The number of carboxylic acids is 2. The Balaban J connectivity index is 2.67. The number of thioether (sulfide) groups is 1. The van der Waals surface area contributed by atoms with Gasteiger partial charge >= 0.3 is 18.0 Å². The fourth-order valence-corrected chi connectivity index (χ4v) is 3.78. The number of allylic oxidation sites excluding steroid dienone is 16. The summed E-state index contributed by atoms with van der Waals surface area (Å²) in [6.45, 7) is 8.74. The molecule has 0 bridgehead atoms. The van der Waals surface area contributed by atoms with Crippen LogP contribution in [0.2, 0.25) is 0 Å². The van der Waals surface area contributed by atoms with Gasteiger partial charge in [0.1, 0.15) is 5.70 Å². The van der Waals surface area contributed by atoms with Crippen molar-refractivity contribution in [2.45, 2.75) is 27.7 Å². The largest absolute Gasteiger partial charge is 0.478 e. The third-order valence-corrected chi connectivity index (χ3v) is 5.84. The van der Waals surface area contributed by atoms with Crippen LogP contribution in [0.25, 0.3) is 0 Å². The lowest BCUT2D eigenvalue weighted by atomic mass is 10.2. The van der Waals surface area contributed by atoms with Crippen LogP contribution in [0, 0.1) is 0 Å². The molecule has 198 valence electrons. The van der Waals surface area contributed by atoms with Crippen LogP contribution in [0.3, 0.4) is 0 Å². The Bertz CT molecular complexity index is 1100. The first kappa shape index (κ1) is 31.3. The Morgan fingerprint density at radius 1 is 0.703 bits per heavy atom. The van der Waals surface area contributed by atoms with Gasteiger partial charge in [-0.3, -0.25) is 0 Å². The number of urea groups is 1. The van der Waals surface area contributed by atoms with Crippen molar-refractivity contribution in [1.82, 2.24) is 10.2 Å². The molecule has 1 aliphatic rings. The predicted octanol–water partition coefficient (Wildman–Crippen LogP) is 5.81. The van der Waals surface area contributed by atoms with E-state index in [4.69, 9.17) is 5.11 Å². The number of amides is 2. The summed E-state index contributed by atoms with van der Waals surface area (Å²) in [5.41, 5.74) is 3.42. The van der Waals surface area contributed by atoms with Crippen molar-refractivity contribution in [1.29, 1.82) is 0 Å². The highest BCUT2D eigenvalue weighted by molar-refractivity contribution is 7.99. The molecule has 1 heterocycles. The normalized spacial score (nSPS) is 17.0. The second-order valence-corrected chi connectivity index (χ2v) is 9.53. The molecule has 1 rings (SSSR count). The summed E-state index contributed by atoms with van der Waals surface area (Å²) in [6, 6.07) is -0.387. The van der Waals surface area contributed by atoms with Gasteiger partial charge in [-0.05, 0) is 39.3 Å². The summed E-state index contributed by atoms with van der Waals surface area (Å²) < 4.78 is 0. The van der Waals surface area contributed by atoms with Gasteiger partial charge in [-0.25, -0.2) is 14.4 Å². The van der Waals surface area contributed by atoms with Gasteiger partial charge in [-0.15, -0.1) is 0 Å². The smallest absolute Gasteiger partial charge is 0.352 e. The first-order valence-electron chi connectivity index (χ1n) is 11.8. The van der Waals surface area contributed by atoms with E-state index in [0.717, 1.165) is 34.3 Å². The van der Waals surface area contributed by atoms with Crippen LogP contribution in [0.15, 0.2) is 107 Å². The first-order valence-corrected chi connectivity index (χ1v) is 13.0. The number of rotatable bonds is 11. The molecule has 0 saturated carbocycles. The maximum Gasteiger partial charge on any atom is 0.352 e. The molecule has 0 spiro atoms. The molecule has 0 aromatic carbocycles. The highest BCUT2D eigenvalue weighted by atomic mass is 32.2. The number of hydrogen-bond acceptors (Lipinski definition) is 4. The van der Waals surface area contributed by atoms with Gasteiger partial charge in [0, 0.05) is 30.7 Å². The lowest BCUT2D eigenvalue weighted by Crippen LogP contribution is -2.44. The molecule has 0 aromatic rings. The molecule has 0 unspecified atom stereocenters. The van der Waals surface area contributed by atoms with Crippen molar-refractivity contribution in [2.24, 2.45) is 0 Å². The van der Waals surface area contributed by atoms with E-state index < -0.39 is 11.9 Å². The van der Waals surface area contributed by atoms with Crippen LogP contribution in [0.1, 0.15) is 27.7 Å². The third kappa shape index (κ3) is 15.0. The van der Waals surface area contributed by atoms with Crippen LogP contribution < -0.4 is 5.32 Å². The number of carboxylic acid groups (broad SMARTS) is 2. The molecule has 7 nitrogen and oxygen atoms in total. The van der Waals surface area contributed by atoms with Crippen LogP contribution >= 0.6 is 11.8 Å². The van der Waals surface area contributed by atoms with Gasteiger partial charge in [0.25, 0.3) is 0 Å². The Hall–Kier alpha value is -3.78. The molecule has 1 aliphatic heterocycles. The third-order valence-electron chi connectivity index (χ3n) is 4.90. The van der Waals surface area contributed by atoms with Crippen molar-refractivity contribution in [3.8, 4) is 0 Å². The number of aliphatic carboxylic acids is 2. The summed E-state index contributed by atoms with van der Waals surface area (Å²) in [7, 11) is 0. The number of carbonyl (C=O) groups is 3. The lowest BCUT2D eigenvalue weighted by molar-refractivity contribution is -0.133. The second kappa shape index (κ2) is 17.6. The molecule has 0 atom stereocenters. The number of nitrogens with one attached hydrogen (secondary N) is 1.